The third kappa shape index (κ3) is 6.47. The molecular weight excluding hydrogens is 415 g/mol. The van der Waals surface area contributed by atoms with E-state index in [1.54, 1.807) is 12.1 Å². The van der Waals surface area contributed by atoms with E-state index < -0.39 is 17.8 Å². The van der Waals surface area contributed by atoms with Crippen LogP contribution < -0.4 is 4.74 Å². The zero-order valence-corrected chi connectivity index (χ0v) is 16.8. The Kier molecular flexibility index (Phi) is 8.45. The van der Waals surface area contributed by atoms with E-state index in [2.05, 4.69) is 22.9 Å². The van der Waals surface area contributed by atoms with E-state index in [1.165, 1.54) is 36.8 Å². The summed E-state index contributed by atoms with van der Waals surface area (Å²) >= 11 is 3.15. The summed E-state index contributed by atoms with van der Waals surface area (Å²) in [5.74, 6) is -1.56. The maximum Gasteiger partial charge on any atom is 0.344 e. The topological polar surface area (TPSA) is 52.6 Å². The van der Waals surface area contributed by atoms with Gasteiger partial charge in [0.2, 0.25) is 0 Å². The van der Waals surface area contributed by atoms with E-state index in [4.69, 9.17) is 9.47 Å². The van der Waals surface area contributed by atoms with Crippen LogP contribution in [0.3, 0.4) is 0 Å². The predicted octanol–water partition coefficient (Wildman–Crippen LogP) is 5.93. The van der Waals surface area contributed by atoms with E-state index in [0.29, 0.717) is 11.1 Å². The molecule has 0 N–H and O–H groups in total. The fourth-order valence-electron chi connectivity index (χ4n) is 2.50. The molecule has 4 nitrogen and oxygen atoms in total. The van der Waals surface area contributed by atoms with Crippen LogP contribution in [0.4, 0.5) is 4.39 Å². The first-order chi connectivity index (χ1) is 13.0. The van der Waals surface area contributed by atoms with Gasteiger partial charge in [0, 0.05) is 0 Å². The number of carbonyl (C=O) groups excluding carboxylic acids is 2. The first-order valence-corrected chi connectivity index (χ1v) is 9.75. The maximum absolute atomic E-state index is 13.2. The van der Waals surface area contributed by atoms with Crippen LogP contribution in [0.2, 0.25) is 0 Å². The summed E-state index contributed by atoms with van der Waals surface area (Å²) in [7, 11) is 0. The second kappa shape index (κ2) is 10.8. The summed E-state index contributed by atoms with van der Waals surface area (Å²) in [5, 5.41) is 0. The molecule has 0 aromatic heterocycles. The van der Waals surface area contributed by atoms with Gasteiger partial charge in [-0.25, -0.2) is 14.0 Å². The van der Waals surface area contributed by atoms with Crippen LogP contribution in [0.5, 0.6) is 5.75 Å². The molecule has 0 unspecified atom stereocenters. The molecule has 2 aromatic carbocycles. The summed E-state index contributed by atoms with van der Waals surface area (Å²) in [5.41, 5.74) is 0.249. The number of hydrogen-bond acceptors (Lipinski definition) is 4. The van der Waals surface area contributed by atoms with Crippen molar-refractivity contribution in [2.24, 2.45) is 0 Å². The van der Waals surface area contributed by atoms with Crippen LogP contribution in [0.15, 0.2) is 46.9 Å². The van der Waals surface area contributed by atoms with Gasteiger partial charge in [-0.2, -0.15) is 0 Å². The molecule has 0 aliphatic heterocycles. The molecule has 0 aliphatic carbocycles. The molecule has 0 bridgehead atoms. The molecule has 144 valence electrons. The molecule has 0 radical (unpaired) electrons. The van der Waals surface area contributed by atoms with Gasteiger partial charge in [-0.05, 0) is 52.7 Å². The van der Waals surface area contributed by atoms with Crippen molar-refractivity contribution in [2.75, 3.05) is 6.61 Å². The predicted molar refractivity (Wildman–Crippen MR) is 105 cm³/mol. The number of benzene rings is 2. The van der Waals surface area contributed by atoms with Gasteiger partial charge in [0.15, 0.2) is 0 Å². The van der Waals surface area contributed by atoms with Crippen LogP contribution in [0.25, 0.3) is 0 Å². The summed E-state index contributed by atoms with van der Waals surface area (Å²) in [6.07, 6.45) is 5.23. The van der Waals surface area contributed by atoms with Gasteiger partial charge >= 0.3 is 11.9 Å². The average Bonchev–Trinajstić information content (AvgIpc) is 2.66. The fourth-order valence-corrected chi connectivity index (χ4v) is 2.93. The molecule has 0 atom stereocenters. The quantitative estimate of drug-likeness (QED) is 0.277. The molecule has 0 saturated carbocycles. The second-order valence-corrected chi connectivity index (χ2v) is 6.91. The Balaban J connectivity index is 2.01. The number of rotatable bonds is 9. The van der Waals surface area contributed by atoms with Crippen molar-refractivity contribution < 1.29 is 23.5 Å². The smallest absolute Gasteiger partial charge is 0.344 e. The minimum Gasteiger partial charge on any atom is -0.462 e. The molecule has 0 aliphatic rings. The van der Waals surface area contributed by atoms with Gasteiger partial charge in [0.1, 0.15) is 11.6 Å². The van der Waals surface area contributed by atoms with Gasteiger partial charge in [0.05, 0.1) is 22.2 Å². The van der Waals surface area contributed by atoms with E-state index in [9.17, 15) is 14.0 Å². The molecule has 2 aromatic rings. The van der Waals surface area contributed by atoms with Crippen molar-refractivity contribution in [3.63, 3.8) is 0 Å². The van der Waals surface area contributed by atoms with Crippen molar-refractivity contribution in [2.45, 2.75) is 39.0 Å². The molecule has 0 saturated heterocycles. The molecule has 0 heterocycles. The Morgan fingerprint density at radius 1 is 0.963 bits per heavy atom. The minimum atomic E-state index is -0.710. The van der Waals surface area contributed by atoms with E-state index in [-0.39, 0.29) is 16.9 Å². The number of esters is 2. The highest BCUT2D eigenvalue weighted by Crippen LogP contribution is 2.26. The largest absolute Gasteiger partial charge is 0.462 e. The van der Waals surface area contributed by atoms with Crippen molar-refractivity contribution >= 4 is 27.9 Å². The second-order valence-electron chi connectivity index (χ2n) is 6.06. The van der Waals surface area contributed by atoms with Crippen molar-refractivity contribution in [3.8, 4) is 5.75 Å². The van der Waals surface area contributed by atoms with Crippen LogP contribution in [0.1, 0.15) is 59.7 Å². The molecule has 2 rings (SSSR count). The molecule has 0 amide bonds. The van der Waals surface area contributed by atoms with Crippen LogP contribution in [0, 0.1) is 5.82 Å². The Morgan fingerprint density at radius 2 is 1.63 bits per heavy atom. The molecule has 6 heteroatoms. The van der Waals surface area contributed by atoms with Crippen LogP contribution >= 0.6 is 15.9 Å². The Hall–Kier alpha value is -2.21. The molecule has 0 spiro atoms. The Bertz CT molecular complexity index is 792. The first-order valence-electron chi connectivity index (χ1n) is 8.96. The fraction of sp³-hybridized carbons (Fsp3) is 0.333. The highest BCUT2D eigenvalue weighted by molar-refractivity contribution is 9.10. The van der Waals surface area contributed by atoms with Crippen LogP contribution in [-0.2, 0) is 4.74 Å². The van der Waals surface area contributed by atoms with E-state index in [0.717, 1.165) is 25.7 Å². The normalized spacial score (nSPS) is 10.5. The summed E-state index contributed by atoms with van der Waals surface area (Å²) in [6.45, 7) is 2.45. The third-order valence-corrected chi connectivity index (χ3v) is 4.56. The lowest BCUT2D eigenvalue weighted by atomic mass is 10.1. The molecular formula is C21H22BrFO4. The summed E-state index contributed by atoms with van der Waals surface area (Å²) < 4.78 is 24.0. The van der Waals surface area contributed by atoms with Crippen molar-refractivity contribution in [1.29, 1.82) is 0 Å². The average molecular weight is 437 g/mol. The lowest BCUT2D eigenvalue weighted by molar-refractivity contribution is 0.0489. The number of halogens is 2. The molecule has 27 heavy (non-hydrogen) atoms. The highest BCUT2D eigenvalue weighted by atomic mass is 79.9. The number of hydrogen-bond donors (Lipinski definition) is 0. The Morgan fingerprint density at radius 3 is 2.30 bits per heavy atom. The van der Waals surface area contributed by atoms with Gasteiger partial charge in [-0.15, -0.1) is 0 Å². The van der Waals surface area contributed by atoms with Gasteiger partial charge < -0.3 is 9.47 Å². The third-order valence-electron chi connectivity index (χ3n) is 3.94. The monoisotopic (exact) mass is 436 g/mol. The van der Waals surface area contributed by atoms with Crippen LogP contribution in [-0.4, -0.2) is 18.5 Å². The zero-order valence-electron chi connectivity index (χ0n) is 15.2. The van der Waals surface area contributed by atoms with Gasteiger partial charge in [-0.3, -0.25) is 0 Å². The lowest BCUT2D eigenvalue weighted by Gasteiger charge is -2.10. The molecule has 0 fully saturated rings. The summed E-state index contributed by atoms with van der Waals surface area (Å²) in [6, 6.07) is 10.0. The summed E-state index contributed by atoms with van der Waals surface area (Å²) in [4.78, 5) is 24.8. The van der Waals surface area contributed by atoms with E-state index in [1.807, 2.05) is 0 Å². The zero-order chi connectivity index (χ0) is 19.6. The maximum atomic E-state index is 13.2. The van der Waals surface area contributed by atoms with Crippen molar-refractivity contribution in [3.05, 3.63) is 63.9 Å². The SMILES string of the molecule is CCCCCCCOC(=O)c1ccccc1C(=O)Oc1ccc(F)cc1Br. The highest BCUT2D eigenvalue weighted by Gasteiger charge is 2.20. The lowest BCUT2D eigenvalue weighted by Crippen LogP contribution is -2.16. The van der Waals surface area contributed by atoms with Gasteiger partial charge in [0.25, 0.3) is 0 Å². The van der Waals surface area contributed by atoms with E-state index >= 15 is 0 Å². The first kappa shape index (κ1) is 21.1. The van der Waals surface area contributed by atoms with Crippen molar-refractivity contribution in [1.82, 2.24) is 0 Å². The minimum absolute atomic E-state index is 0.102. The number of unbranched alkanes of at least 4 members (excludes halogenated alkanes) is 4. The standard InChI is InChI=1S/C21H22BrFO4/c1-2-3-4-5-8-13-26-20(24)16-9-6-7-10-17(16)21(25)27-19-12-11-15(23)14-18(19)22/h6-7,9-12,14H,2-5,8,13H2,1H3. The Labute approximate surface area is 166 Å². The number of ether oxygens (including phenoxy) is 2. The van der Waals surface area contributed by atoms with Gasteiger partial charge in [-0.1, -0.05) is 44.7 Å². The number of carbonyl (C=O) groups is 2.